The Morgan fingerprint density at radius 2 is 1.72 bits per heavy atom. The zero-order valence-electron chi connectivity index (χ0n) is 25.1. The van der Waals surface area contributed by atoms with Crippen LogP contribution >= 0.6 is 0 Å². The van der Waals surface area contributed by atoms with E-state index in [2.05, 4.69) is 10.6 Å². The second kappa shape index (κ2) is 11.7. The number of primary amides is 1. The standard InChI is InChI=1S/C29H39N5O8.Ag/c1-28(2,3)31-11-17(35)32-15-10-16(33(4)5)13-8-12-9-14-21(34(6)7)24(38)20(27(30)41)26(40)29(14,42)25(39)18(12)23(37)19(13)22(15)36;/h10,12,14,21,31,36-37,40,42H,8-9,11H2,1-7H3,(H2,30,41)(H,32,35);/t12-,14-,21-,29-;/m0./s1. The SMILES string of the molecule is CN(C)c1cc(NC(=O)CNC(C)(C)C)c(O)c2c1C[C@H]1C[C@H]3[C@H](N(C)C)C(=O)C(C(N)=O)=C(O)[C@@]3(O)C(=O)C1=C2O.[Ag]. The molecule has 0 aromatic heterocycles. The van der Waals surface area contributed by atoms with Gasteiger partial charge in [-0.25, -0.2) is 0 Å². The molecule has 0 unspecified atom stereocenters. The molecule has 0 spiro atoms. The normalized spacial score (nSPS) is 25.1. The largest absolute Gasteiger partial charge is 0.508 e. The maximum Gasteiger partial charge on any atom is 0.255 e. The number of ketones is 2. The van der Waals surface area contributed by atoms with Gasteiger partial charge in [0, 0.05) is 59.2 Å². The van der Waals surface area contributed by atoms with Gasteiger partial charge in [0.2, 0.25) is 11.7 Å². The van der Waals surface area contributed by atoms with E-state index in [0.717, 1.165) is 0 Å². The Kier molecular flexibility index (Phi) is 9.34. The van der Waals surface area contributed by atoms with Gasteiger partial charge >= 0.3 is 0 Å². The van der Waals surface area contributed by atoms with Crippen LogP contribution in [0, 0.1) is 11.8 Å². The van der Waals surface area contributed by atoms with Crippen LogP contribution in [-0.2, 0) is 48.0 Å². The number of nitrogens with zero attached hydrogens (tertiary/aromatic N) is 2. The van der Waals surface area contributed by atoms with Gasteiger partial charge in [-0.1, -0.05) is 0 Å². The van der Waals surface area contributed by atoms with Crippen LogP contribution in [0.5, 0.6) is 5.75 Å². The Balaban J connectivity index is 0.00000506. The monoisotopic (exact) mass is 692 g/mol. The number of hydrogen-bond donors (Lipinski definition) is 7. The first kappa shape index (κ1) is 34.3. The fourth-order valence-corrected chi connectivity index (χ4v) is 6.33. The molecule has 0 heterocycles. The van der Waals surface area contributed by atoms with Crippen LogP contribution in [0.1, 0.15) is 38.3 Å². The van der Waals surface area contributed by atoms with Crippen molar-refractivity contribution in [1.29, 1.82) is 0 Å². The number of aliphatic hydroxyl groups is 3. The number of carbonyl (C=O) groups excluding carboxylic acids is 4. The first-order valence-electron chi connectivity index (χ1n) is 13.6. The van der Waals surface area contributed by atoms with E-state index >= 15 is 0 Å². The van der Waals surface area contributed by atoms with Crippen molar-refractivity contribution < 1.29 is 62.0 Å². The Bertz CT molecular complexity index is 1460. The number of fused-ring (bicyclic) bond motifs is 3. The van der Waals surface area contributed by atoms with Crippen molar-refractivity contribution in [3.8, 4) is 5.75 Å². The summed E-state index contributed by atoms with van der Waals surface area (Å²) in [4.78, 5) is 55.3. The number of likely N-dealkylation sites (N-methyl/N-ethyl adjacent to an activating group) is 1. The van der Waals surface area contributed by atoms with E-state index in [4.69, 9.17) is 5.73 Å². The van der Waals surface area contributed by atoms with Crippen molar-refractivity contribution >= 4 is 40.5 Å². The molecule has 4 rings (SSSR count). The number of rotatable bonds is 6. The van der Waals surface area contributed by atoms with Gasteiger partial charge in [-0.15, -0.1) is 0 Å². The van der Waals surface area contributed by atoms with E-state index in [-0.39, 0.29) is 64.1 Å². The summed E-state index contributed by atoms with van der Waals surface area (Å²) in [6, 6.07) is 0.409. The van der Waals surface area contributed by atoms with E-state index in [9.17, 15) is 39.6 Å². The molecular formula is C29H39AgN5O8. The average Bonchev–Trinajstić information content (AvgIpc) is 2.85. The maximum absolute atomic E-state index is 14.0. The molecule has 0 bridgehead atoms. The molecule has 2 amide bonds. The number of carbonyl (C=O) groups is 4. The van der Waals surface area contributed by atoms with Crippen LogP contribution in [0.3, 0.4) is 0 Å². The van der Waals surface area contributed by atoms with Crippen LogP contribution in [-0.4, -0.2) is 101 Å². The fraction of sp³-hybridized carbons (Fsp3) is 0.517. The van der Waals surface area contributed by atoms with Gasteiger partial charge in [-0.2, -0.15) is 0 Å². The van der Waals surface area contributed by atoms with Crippen LogP contribution < -0.4 is 21.3 Å². The summed E-state index contributed by atoms with van der Waals surface area (Å²) in [5.74, 6) is -7.79. The number of Topliss-reactive ketones (excluding diaryl/α,β-unsaturated/α-hetero) is 2. The quantitative estimate of drug-likeness (QED) is 0.123. The number of aliphatic hydroxyl groups excluding tert-OH is 2. The number of anilines is 2. The number of benzene rings is 1. The molecule has 13 nitrogen and oxygen atoms in total. The molecule has 0 aliphatic heterocycles. The van der Waals surface area contributed by atoms with Gasteiger partial charge < -0.3 is 41.7 Å². The number of hydrogen-bond acceptors (Lipinski definition) is 11. The van der Waals surface area contributed by atoms with Gasteiger partial charge in [-0.05, 0) is 65.3 Å². The second-order valence-corrected chi connectivity index (χ2v) is 12.7. The molecule has 1 aromatic carbocycles. The van der Waals surface area contributed by atoms with Crippen molar-refractivity contribution in [3.63, 3.8) is 0 Å². The van der Waals surface area contributed by atoms with Crippen LogP contribution in [0.25, 0.3) is 5.76 Å². The van der Waals surface area contributed by atoms with E-state index in [1.54, 1.807) is 39.2 Å². The third kappa shape index (κ3) is 5.61. The smallest absolute Gasteiger partial charge is 0.255 e. The molecular weight excluding hydrogens is 654 g/mol. The van der Waals surface area contributed by atoms with Gasteiger partial charge in [0.15, 0.2) is 11.4 Å². The van der Waals surface area contributed by atoms with E-state index < -0.39 is 69.7 Å². The first-order chi connectivity index (χ1) is 19.3. The van der Waals surface area contributed by atoms with E-state index in [0.29, 0.717) is 11.3 Å². The van der Waals surface area contributed by atoms with Crippen LogP contribution in [0.4, 0.5) is 11.4 Å². The Hall–Kier alpha value is -3.20. The number of aromatic hydroxyl groups is 1. The predicted octanol–water partition coefficient (Wildman–Crippen LogP) is 0.354. The summed E-state index contributed by atoms with van der Waals surface area (Å²) in [7, 11) is 6.58. The van der Waals surface area contributed by atoms with Gasteiger partial charge in [0.25, 0.3) is 5.91 Å². The molecule has 3 aliphatic carbocycles. The Morgan fingerprint density at radius 1 is 1.12 bits per heavy atom. The van der Waals surface area contributed by atoms with Gasteiger partial charge in [0.1, 0.15) is 22.8 Å². The van der Waals surface area contributed by atoms with Gasteiger partial charge in [-0.3, -0.25) is 24.1 Å². The first-order valence-corrected chi connectivity index (χ1v) is 13.6. The number of amides is 2. The Labute approximate surface area is 265 Å². The molecule has 1 fully saturated rings. The molecule has 8 N–H and O–H groups in total. The molecule has 3 aliphatic rings. The topological polar surface area (TPSA) is 206 Å². The summed E-state index contributed by atoms with van der Waals surface area (Å²) < 4.78 is 0. The number of phenols is 1. The van der Waals surface area contributed by atoms with Crippen molar-refractivity contribution in [2.75, 3.05) is 45.0 Å². The average molecular weight is 694 g/mol. The summed E-state index contributed by atoms with van der Waals surface area (Å²) in [5.41, 5.74) is 2.11. The number of nitrogens with two attached hydrogens (primary N) is 1. The minimum Gasteiger partial charge on any atom is -0.508 e. The molecule has 1 aromatic rings. The second-order valence-electron chi connectivity index (χ2n) is 12.7. The van der Waals surface area contributed by atoms with Crippen LogP contribution in [0.2, 0.25) is 0 Å². The third-order valence-electron chi connectivity index (χ3n) is 8.23. The number of phenolic OH excluding ortho intramolecular Hbond substituents is 1. The molecule has 239 valence electrons. The minimum atomic E-state index is -2.73. The maximum atomic E-state index is 14.0. The van der Waals surface area contributed by atoms with Crippen molar-refractivity contribution in [3.05, 3.63) is 34.1 Å². The summed E-state index contributed by atoms with van der Waals surface area (Å²) in [5, 5.41) is 51.3. The van der Waals surface area contributed by atoms with Crippen molar-refractivity contribution in [2.45, 2.75) is 50.8 Å². The zero-order chi connectivity index (χ0) is 31.6. The fourth-order valence-electron chi connectivity index (χ4n) is 6.33. The third-order valence-corrected chi connectivity index (χ3v) is 8.23. The summed E-state index contributed by atoms with van der Waals surface area (Å²) >= 11 is 0. The number of nitrogens with one attached hydrogen (secondary N) is 2. The molecule has 0 saturated heterocycles. The predicted molar refractivity (Wildman–Crippen MR) is 155 cm³/mol. The van der Waals surface area contributed by atoms with Crippen molar-refractivity contribution in [1.82, 2.24) is 10.2 Å². The van der Waals surface area contributed by atoms with E-state index in [1.165, 1.54) is 4.90 Å². The van der Waals surface area contributed by atoms with E-state index in [1.807, 2.05) is 20.8 Å². The molecule has 14 heteroatoms. The summed E-state index contributed by atoms with van der Waals surface area (Å²) in [6.45, 7) is 5.62. The zero-order valence-corrected chi connectivity index (χ0v) is 26.6. The molecule has 4 atom stereocenters. The minimum absolute atomic E-state index is 0. The van der Waals surface area contributed by atoms with Crippen molar-refractivity contribution in [2.24, 2.45) is 17.6 Å². The molecule has 43 heavy (non-hydrogen) atoms. The molecule has 1 saturated carbocycles. The molecule has 1 radical (unpaired) electrons. The van der Waals surface area contributed by atoms with Crippen LogP contribution in [0.15, 0.2) is 23.0 Å². The Morgan fingerprint density at radius 3 is 2.23 bits per heavy atom. The van der Waals surface area contributed by atoms with Gasteiger partial charge in [0.05, 0.1) is 23.8 Å². The summed E-state index contributed by atoms with van der Waals surface area (Å²) in [6.07, 6.45) is 0.117.